The molecular formula is C24H23F4N5O3. The molecule has 8 nitrogen and oxygen atoms in total. The second kappa shape index (κ2) is 10.4. The lowest BCUT2D eigenvalue weighted by molar-refractivity contribution is -0.0525. The van der Waals surface area contributed by atoms with E-state index in [1.807, 2.05) is 4.90 Å². The highest BCUT2D eigenvalue weighted by molar-refractivity contribution is 6.04. The molecule has 190 valence electrons. The molecule has 1 amide bonds. The summed E-state index contributed by atoms with van der Waals surface area (Å²) in [6.07, 6.45) is 3.95. The van der Waals surface area contributed by atoms with Gasteiger partial charge in [0.2, 0.25) is 5.88 Å². The third kappa shape index (κ3) is 5.88. The molecule has 0 atom stereocenters. The number of nitrogens with one attached hydrogen (secondary N) is 1. The highest BCUT2D eigenvalue weighted by Crippen LogP contribution is 2.34. The SMILES string of the molecule is Cc1ncc(NC(=O)c2ccnc(C(C)(F)F)c2)cc1-c1cnc(OC(F)F)c(N2CCOCC2)c1. The number of anilines is 2. The third-order valence-electron chi connectivity index (χ3n) is 5.51. The minimum Gasteiger partial charge on any atom is -0.415 e. The number of pyridine rings is 3. The van der Waals surface area contributed by atoms with E-state index in [1.54, 1.807) is 19.1 Å². The maximum atomic E-state index is 13.6. The number of hydrogen-bond acceptors (Lipinski definition) is 7. The average Bonchev–Trinajstić information content (AvgIpc) is 2.85. The molecule has 3 aromatic heterocycles. The fraction of sp³-hybridized carbons (Fsp3) is 0.333. The molecule has 12 heteroatoms. The van der Waals surface area contributed by atoms with Gasteiger partial charge in [0.15, 0.2) is 0 Å². The number of carbonyl (C=O) groups is 1. The van der Waals surface area contributed by atoms with Crippen molar-refractivity contribution in [3.63, 3.8) is 0 Å². The Morgan fingerprint density at radius 2 is 1.89 bits per heavy atom. The van der Waals surface area contributed by atoms with Gasteiger partial charge in [-0.3, -0.25) is 14.8 Å². The van der Waals surface area contributed by atoms with Crippen molar-refractivity contribution >= 4 is 17.3 Å². The predicted octanol–water partition coefficient (Wildman–Crippen LogP) is 4.65. The van der Waals surface area contributed by atoms with E-state index in [2.05, 4.69) is 25.0 Å². The van der Waals surface area contributed by atoms with Gasteiger partial charge in [-0.05, 0) is 31.2 Å². The Labute approximate surface area is 204 Å². The molecule has 4 rings (SSSR count). The topological polar surface area (TPSA) is 89.5 Å². The Hall–Kier alpha value is -3.80. The molecule has 0 aliphatic carbocycles. The van der Waals surface area contributed by atoms with Crippen LogP contribution in [0.15, 0.2) is 42.9 Å². The van der Waals surface area contributed by atoms with Crippen LogP contribution < -0.4 is 15.0 Å². The summed E-state index contributed by atoms with van der Waals surface area (Å²) in [5, 5.41) is 2.64. The Morgan fingerprint density at radius 1 is 1.14 bits per heavy atom. The second-order valence-electron chi connectivity index (χ2n) is 8.16. The van der Waals surface area contributed by atoms with E-state index in [4.69, 9.17) is 4.74 Å². The molecule has 0 saturated carbocycles. The third-order valence-corrected chi connectivity index (χ3v) is 5.51. The van der Waals surface area contributed by atoms with Crippen molar-refractivity contribution in [3.05, 3.63) is 59.8 Å². The minimum atomic E-state index is -3.19. The molecule has 36 heavy (non-hydrogen) atoms. The molecule has 1 aliphatic rings. The van der Waals surface area contributed by atoms with Crippen molar-refractivity contribution in [1.82, 2.24) is 15.0 Å². The summed E-state index contributed by atoms with van der Waals surface area (Å²) in [5.74, 6) is -4.01. The van der Waals surface area contributed by atoms with Gasteiger partial charge in [0.05, 0.1) is 25.1 Å². The zero-order valence-electron chi connectivity index (χ0n) is 19.5. The number of rotatable bonds is 7. The van der Waals surface area contributed by atoms with Gasteiger partial charge in [-0.2, -0.15) is 17.6 Å². The number of amides is 1. The maximum Gasteiger partial charge on any atom is 0.388 e. The van der Waals surface area contributed by atoms with Gasteiger partial charge in [0, 0.05) is 54.8 Å². The molecule has 3 aromatic rings. The van der Waals surface area contributed by atoms with Crippen LogP contribution in [0.1, 0.15) is 28.7 Å². The van der Waals surface area contributed by atoms with E-state index in [0.717, 1.165) is 12.3 Å². The summed E-state index contributed by atoms with van der Waals surface area (Å²) in [4.78, 5) is 26.6. The monoisotopic (exact) mass is 505 g/mol. The van der Waals surface area contributed by atoms with Gasteiger partial charge in [0.25, 0.3) is 11.8 Å². The first-order valence-electron chi connectivity index (χ1n) is 11.0. The normalized spacial score (nSPS) is 14.1. The van der Waals surface area contributed by atoms with Crippen molar-refractivity contribution in [2.24, 2.45) is 0 Å². The first kappa shape index (κ1) is 25.3. The Balaban J connectivity index is 1.64. The Kier molecular flexibility index (Phi) is 7.34. The number of ether oxygens (including phenoxy) is 2. The smallest absolute Gasteiger partial charge is 0.388 e. The molecule has 0 bridgehead atoms. The summed E-state index contributed by atoms with van der Waals surface area (Å²) in [6, 6.07) is 5.67. The highest BCUT2D eigenvalue weighted by atomic mass is 19.3. The van der Waals surface area contributed by atoms with Crippen molar-refractivity contribution in [1.29, 1.82) is 0 Å². The molecule has 4 heterocycles. The zero-order valence-corrected chi connectivity index (χ0v) is 19.5. The fourth-order valence-electron chi connectivity index (χ4n) is 3.70. The lowest BCUT2D eigenvalue weighted by Gasteiger charge is -2.30. The molecule has 0 unspecified atom stereocenters. The Bertz CT molecular complexity index is 1250. The highest BCUT2D eigenvalue weighted by Gasteiger charge is 2.27. The molecule has 1 saturated heterocycles. The number of aromatic nitrogens is 3. The lowest BCUT2D eigenvalue weighted by Crippen LogP contribution is -2.36. The number of nitrogens with zero attached hydrogens (tertiary/aromatic N) is 4. The van der Waals surface area contributed by atoms with E-state index >= 15 is 0 Å². The molecule has 1 N–H and O–H groups in total. The number of aryl methyl sites for hydroxylation is 1. The van der Waals surface area contributed by atoms with E-state index in [9.17, 15) is 22.4 Å². The van der Waals surface area contributed by atoms with Gasteiger partial charge in [-0.1, -0.05) is 0 Å². The van der Waals surface area contributed by atoms with Gasteiger partial charge in [-0.25, -0.2) is 4.98 Å². The van der Waals surface area contributed by atoms with Crippen LogP contribution in [0.25, 0.3) is 11.1 Å². The summed E-state index contributed by atoms with van der Waals surface area (Å²) < 4.78 is 63.1. The van der Waals surface area contributed by atoms with Crippen molar-refractivity contribution in [2.45, 2.75) is 26.4 Å². The summed E-state index contributed by atoms with van der Waals surface area (Å²) in [5.41, 5.74) is 1.93. The first-order valence-corrected chi connectivity index (χ1v) is 11.0. The number of morpholine rings is 1. The van der Waals surface area contributed by atoms with Crippen LogP contribution in [-0.2, 0) is 10.7 Å². The predicted molar refractivity (Wildman–Crippen MR) is 124 cm³/mol. The largest absolute Gasteiger partial charge is 0.415 e. The van der Waals surface area contributed by atoms with Crippen LogP contribution in [0.4, 0.5) is 28.9 Å². The van der Waals surface area contributed by atoms with E-state index < -0.39 is 24.1 Å². The number of halogens is 4. The number of alkyl halides is 4. The average molecular weight is 505 g/mol. The lowest BCUT2D eigenvalue weighted by atomic mass is 10.0. The first-order chi connectivity index (χ1) is 17.1. The van der Waals surface area contributed by atoms with Gasteiger partial charge in [-0.15, -0.1) is 0 Å². The summed E-state index contributed by atoms with van der Waals surface area (Å²) in [6.45, 7) is 1.22. The zero-order chi connectivity index (χ0) is 25.9. The molecule has 1 aliphatic heterocycles. The van der Waals surface area contributed by atoms with Crippen LogP contribution in [0.2, 0.25) is 0 Å². The van der Waals surface area contributed by atoms with Gasteiger partial charge in [0.1, 0.15) is 11.4 Å². The standard InChI is InChI=1S/C24H23F4N5O3/c1-14-18(16-9-19(33-5-7-35-8-6-33)22(31-12-16)36-23(25)26)11-17(13-30-14)32-21(34)15-3-4-29-20(10-15)24(2,27)28/h3-4,9-13,23H,5-8H2,1-2H3,(H,32,34). The van der Waals surface area contributed by atoms with E-state index in [-0.39, 0.29) is 11.4 Å². The van der Waals surface area contributed by atoms with Crippen LogP contribution in [0, 0.1) is 6.92 Å². The van der Waals surface area contributed by atoms with Crippen LogP contribution >= 0.6 is 0 Å². The van der Waals surface area contributed by atoms with Gasteiger partial charge < -0.3 is 19.7 Å². The second-order valence-corrected chi connectivity index (χ2v) is 8.16. The Morgan fingerprint density at radius 3 is 2.58 bits per heavy atom. The molecule has 0 aromatic carbocycles. The summed E-state index contributed by atoms with van der Waals surface area (Å²) in [7, 11) is 0. The molecular weight excluding hydrogens is 482 g/mol. The van der Waals surface area contributed by atoms with Crippen molar-refractivity contribution < 1.29 is 31.8 Å². The maximum absolute atomic E-state index is 13.6. The molecule has 0 radical (unpaired) electrons. The van der Waals surface area contributed by atoms with Crippen LogP contribution in [0.3, 0.4) is 0 Å². The van der Waals surface area contributed by atoms with Crippen molar-refractivity contribution in [2.75, 3.05) is 36.5 Å². The quantitative estimate of drug-likeness (QED) is 0.468. The van der Waals surface area contributed by atoms with E-state index in [0.29, 0.717) is 61.4 Å². The molecule has 0 spiro atoms. The number of carbonyl (C=O) groups excluding carboxylic acids is 1. The van der Waals surface area contributed by atoms with Crippen molar-refractivity contribution in [3.8, 4) is 17.0 Å². The van der Waals surface area contributed by atoms with Crippen LogP contribution in [0.5, 0.6) is 5.88 Å². The molecule has 1 fully saturated rings. The van der Waals surface area contributed by atoms with Gasteiger partial charge >= 0.3 is 6.61 Å². The van der Waals surface area contributed by atoms with E-state index in [1.165, 1.54) is 18.5 Å². The fourth-order valence-corrected chi connectivity index (χ4v) is 3.70. The van der Waals surface area contributed by atoms with Crippen LogP contribution in [-0.4, -0.2) is 53.8 Å². The number of hydrogen-bond donors (Lipinski definition) is 1. The minimum absolute atomic E-state index is 0.00780. The summed E-state index contributed by atoms with van der Waals surface area (Å²) >= 11 is 0.